The van der Waals surface area contributed by atoms with E-state index in [2.05, 4.69) is 140 Å². The van der Waals surface area contributed by atoms with E-state index in [0.29, 0.717) is 5.92 Å². The Hall–Kier alpha value is -4.94. The van der Waals surface area contributed by atoms with Gasteiger partial charge in [-0.2, -0.15) is 0 Å². The van der Waals surface area contributed by atoms with Gasteiger partial charge in [-0.25, -0.2) is 0 Å². The van der Waals surface area contributed by atoms with E-state index in [4.69, 9.17) is 0 Å². The lowest BCUT2D eigenvalue weighted by atomic mass is 9.79. The second-order valence-electron chi connectivity index (χ2n) is 12.7. The molecule has 1 aliphatic rings. The average molecular weight is 563 g/mol. The highest BCUT2D eigenvalue weighted by Gasteiger charge is 2.21. The van der Waals surface area contributed by atoms with Gasteiger partial charge < -0.3 is 0 Å². The topological polar surface area (TPSA) is 0 Å². The fourth-order valence-electron chi connectivity index (χ4n) is 8.18. The van der Waals surface area contributed by atoms with Gasteiger partial charge in [0.2, 0.25) is 0 Å². The van der Waals surface area contributed by atoms with Crippen molar-refractivity contribution in [2.45, 2.75) is 38.0 Å². The monoisotopic (exact) mass is 562 g/mol. The Morgan fingerprint density at radius 1 is 0.364 bits per heavy atom. The van der Waals surface area contributed by atoms with E-state index in [-0.39, 0.29) is 0 Å². The van der Waals surface area contributed by atoms with E-state index in [1.54, 1.807) is 5.56 Å². The Morgan fingerprint density at radius 2 is 1.02 bits per heavy atom. The van der Waals surface area contributed by atoms with Crippen molar-refractivity contribution in [3.63, 3.8) is 0 Å². The standard InChI is InChI=1S/C44H34/c1-3-12-29(13-4-1)43-36-18-9-7-16-31(36)26-34-27-33(22-23-38(34)43)35-20-11-21-39-40(35)24-25-41-42(39)28-32-17-8-10-19-37(32)44(41)30-14-5-2-6-15-30/h1,3-4,7-13,16-28,30H,2,5-6,14-15H2. The molecule has 0 spiro atoms. The molecular formula is C44H34. The molecule has 210 valence electrons. The summed E-state index contributed by atoms with van der Waals surface area (Å²) in [4.78, 5) is 0. The van der Waals surface area contributed by atoms with Crippen molar-refractivity contribution in [3.8, 4) is 22.3 Å². The number of hydrogen-bond acceptors (Lipinski definition) is 0. The number of benzene rings is 8. The van der Waals surface area contributed by atoms with Gasteiger partial charge in [0.05, 0.1) is 0 Å². The van der Waals surface area contributed by atoms with Crippen LogP contribution in [0.15, 0.2) is 140 Å². The normalized spacial score (nSPS) is 14.3. The minimum Gasteiger partial charge on any atom is -0.0622 e. The first-order valence-electron chi connectivity index (χ1n) is 16.2. The van der Waals surface area contributed by atoms with Crippen molar-refractivity contribution in [1.82, 2.24) is 0 Å². The first kappa shape index (κ1) is 25.5. The van der Waals surface area contributed by atoms with Crippen LogP contribution in [-0.2, 0) is 0 Å². The van der Waals surface area contributed by atoms with Crippen LogP contribution in [-0.4, -0.2) is 0 Å². The van der Waals surface area contributed by atoms with Gasteiger partial charge in [-0.3, -0.25) is 0 Å². The maximum atomic E-state index is 2.45. The lowest BCUT2D eigenvalue weighted by Crippen LogP contribution is -2.06. The molecule has 44 heavy (non-hydrogen) atoms. The summed E-state index contributed by atoms with van der Waals surface area (Å²) in [6.07, 6.45) is 6.67. The van der Waals surface area contributed by atoms with Gasteiger partial charge in [-0.15, -0.1) is 0 Å². The minimum absolute atomic E-state index is 0.645. The maximum absolute atomic E-state index is 2.45. The average Bonchev–Trinajstić information content (AvgIpc) is 3.09. The summed E-state index contributed by atoms with van der Waals surface area (Å²) in [5, 5.41) is 13.5. The van der Waals surface area contributed by atoms with Crippen molar-refractivity contribution < 1.29 is 0 Å². The molecule has 9 rings (SSSR count). The summed E-state index contributed by atoms with van der Waals surface area (Å²) in [5.41, 5.74) is 6.73. The molecule has 1 saturated carbocycles. The fourth-order valence-corrected chi connectivity index (χ4v) is 8.18. The zero-order valence-electron chi connectivity index (χ0n) is 24.9. The third-order valence-electron chi connectivity index (χ3n) is 10.2. The number of hydrogen-bond donors (Lipinski definition) is 0. The predicted molar refractivity (Wildman–Crippen MR) is 191 cm³/mol. The van der Waals surface area contributed by atoms with Crippen LogP contribution in [0.5, 0.6) is 0 Å². The van der Waals surface area contributed by atoms with E-state index >= 15 is 0 Å². The molecule has 0 radical (unpaired) electrons. The van der Waals surface area contributed by atoms with Crippen LogP contribution >= 0.6 is 0 Å². The molecule has 0 aromatic heterocycles. The highest BCUT2D eigenvalue weighted by Crippen LogP contribution is 2.44. The highest BCUT2D eigenvalue weighted by molar-refractivity contribution is 6.18. The second-order valence-corrected chi connectivity index (χ2v) is 12.7. The van der Waals surface area contributed by atoms with Gasteiger partial charge in [-0.1, -0.05) is 141 Å². The largest absolute Gasteiger partial charge is 0.0622 e. The van der Waals surface area contributed by atoms with Gasteiger partial charge in [0.15, 0.2) is 0 Å². The quantitative estimate of drug-likeness (QED) is 0.148. The van der Waals surface area contributed by atoms with Gasteiger partial charge >= 0.3 is 0 Å². The molecule has 0 atom stereocenters. The molecule has 0 heteroatoms. The Morgan fingerprint density at radius 3 is 1.86 bits per heavy atom. The van der Waals surface area contributed by atoms with E-state index in [1.165, 1.54) is 108 Å². The summed E-state index contributed by atoms with van der Waals surface area (Å²) < 4.78 is 0. The van der Waals surface area contributed by atoms with Gasteiger partial charge in [0.1, 0.15) is 0 Å². The van der Waals surface area contributed by atoms with Crippen molar-refractivity contribution in [1.29, 1.82) is 0 Å². The molecule has 0 unspecified atom stereocenters. The second kappa shape index (κ2) is 10.4. The first-order valence-corrected chi connectivity index (χ1v) is 16.2. The lowest BCUT2D eigenvalue weighted by Gasteiger charge is -2.25. The van der Waals surface area contributed by atoms with Crippen LogP contribution in [0.4, 0.5) is 0 Å². The third-order valence-corrected chi connectivity index (χ3v) is 10.2. The Labute approximate surface area is 258 Å². The molecule has 0 amide bonds. The van der Waals surface area contributed by atoms with E-state index in [9.17, 15) is 0 Å². The van der Waals surface area contributed by atoms with Crippen LogP contribution in [0.3, 0.4) is 0 Å². The Kier molecular flexibility index (Phi) is 6.01. The molecule has 1 aliphatic carbocycles. The summed E-state index contributed by atoms with van der Waals surface area (Å²) >= 11 is 0. The molecule has 8 aromatic rings. The molecule has 8 aromatic carbocycles. The van der Waals surface area contributed by atoms with Crippen LogP contribution in [0, 0.1) is 0 Å². The molecule has 0 saturated heterocycles. The molecule has 0 nitrogen and oxygen atoms in total. The van der Waals surface area contributed by atoms with Crippen LogP contribution in [0.25, 0.3) is 76.1 Å². The molecule has 0 heterocycles. The Bertz CT molecular complexity index is 2350. The fraction of sp³-hybridized carbons (Fsp3) is 0.136. The lowest BCUT2D eigenvalue weighted by molar-refractivity contribution is 0.447. The summed E-state index contributed by atoms with van der Waals surface area (Å²) in [6, 6.07) is 52.3. The summed E-state index contributed by atoms with van der Waals surface area (Å²) in [6.45, 7) is 0. The zero-order valence-corrected chi connectivity index (χ0v) is 24.9. The molecule has 0 bridgehead atoms. The smallest absolute Gasteiger partial charge is 0.00268 e. The van der Waals surface area contributed by atoms with Crippen LogP contribution < -0.4 is 0 Å². The molecule has 0 aliphatic heterocycles. The van der Waals surface area contributed by atoms with E-state index in [0.717, 1.165) is 0 Å². The van der Waals surface area contributed by atoms with Crippen LogP contribution in [0.2, 0.25) is 0 Å². The Balaban J connectivity index is 1.28. The first-order chi connectivity index (χ1) is 21.8. The summed E-state index contributed by atoms with van der Waals surface area (Å²) in [5.74, 6) is 0.645. The van der Waals surface area contributed by atoms with Crippen LogP contribution in [0.1, 0.15) is 43.6 Å². The highest BCUT2D eigenvalue weighted by atomic mass is 14.3. The number of fused-ring (bicyclic) bond motifs is 6. The van der Waals surface area contributed by atoms with Crippen molar-refractivity contribution >= 4 is 53.9 Å². The molecule has 1 fully saturated rings. The van der Waals surface area contributed by atoms with Crippen molar-refractivity contribution in [3.05, 3.63) is 145 Å². The number of rotatable bonds is 3. The third kappa shape index (κ3) is 4.05. The van der Waals surface area contributed by atoms with Crippen molar-refractivity contribution in [2.75, 3.05) is 0 Å². The van der Waals surface area contributed by atoms with Crippen molar-refractivity contribution in [2.24, 2.45) is 0 Å². The van der Waals surface area contributed by atoms with E-state index < -0.39 is 0 Å². The molecular weight excluding hydrogens is 528 g/mol. The maximum Gasteiger partial charge on any atom is -0.00268 e. The minimum atomic E-state index is 0.645. The zero-order chi connectivity index (χ0) is 29.0. The molecule has 0 N–H and O–H groups in total. The van der Waals surface area contributed by atoms with E-state index in [1.807, 2.05) is 0 Å². The summed E-state index contributed by atoms with van der Waals surface area (Å²) in [7, 11) is 0. The van der Waals surface area contributed by atoms with Gasteiger partial charge in [0, 0.05) is 0 Å². The van der Waals surface area contributed by atoms with Gasteiger partial charge in [0.25, 0.3) is 0 Å². The SMILES string of the molecule is c1ccc(-c2c3ccccc3cc3cc(-c4cccc5c4ccc4c(C6CCCCC6)c6ccccc6cc45)ccc23)cc1. The predicted octanol–water partition coefficient (Wildman–Crippen LogP) is 12.8. The van der Waals surface area contributed by atoms with Gasteiger partial charge in [-0.05, 0) is 119 Å².